The molecule has 1 unspecified atom stereocenters. The van der Waals surface area contributed by atoms with E-state index in [9.17, 15) is 19.8 Å². The molecule has 0 amide bonds. The van der Waals surface area contributed by atoms with E-state index < -0.39 is 17.9 Å². The molecule has 0 radical (unpaired) electrons. The maximum absolute atomic E-state index is 11.4. The fourth-order valence-corrected chi connectivity index (χ4v) is 3.51. The number of carboxylic acid groups (broad SMARTS) is 2. The van der Waals surface area contributed by atoms with Crippen LogP contribution in [0.5, 0.6) is 0 Å². The van der Waals surface area contributed by atoms with Crippen LogP contribution in [0.15, 0.2) is 17.5 Å². The van der Waals surface area contributed by atoms with E-state index in [1.807, 2.05) is 17.5 Å². The van der Waals surface area contributed by atoms with Crippen molar-refractivity contribution in [2.24, 2.45) is 0 Å². The smallest absolute Gasteiger partial charge is 0.356 e. The Labute approximate surface area is 124 Å². The summed E-state index contributed by atoms with van der Waals surface area (Å²) in [6, 6.07) is 3.89. The maximum atomic E-state index is 11.4. The van der Waals surface area contributed by atoms with Crippen LogP contribution in [0.2, 0.25) is 0 Å². The molecule has 2 aromatic heterocycles. The van der Waals surface area contributed by atoms with Crippen molar-refractivity contribution in [1.82, 2.24) is 9.55 Å². The zero-order valence-electron chi connectivity index (χ0n) is 11.2. The van der Waals surface area contributed by atoms with Gasteiger partial charge in [0.1, 0.15) is 5.82 Å². The summed E-state index contributed by atoms with van der Waals surface area (Å²) < 4.78 is 1.78. The minimum atomic E-state index is -1.16. The average molecular weight is 306 g/mol. The summed E-state index contributed by atoms with van der Waals surface area (Å²) in [5, 5.41) is 20.6. The van der Waals surface area contributed by atoms with E-state index in [4.69, 9.17) is 0 Å². The summed E-state index contributed by atoms with van der Waals surface area (Å²) in [6.07, 6.45) is 1.71. The molecule has 3 heterocycles. The molecule has 0 aliphatic carbocycles. The number of thiophene rings is 1. The summed E-state index contributed by atoms with van der Waals surface area (Å²) in [5.74, 6) is -2.30. The van der Waals surface area contributed by atoms with Gasteiger partial charge >= 0.3 is 11.9 Å². The molecule has 110 valence electrons. The first-order chi connectivity index (χ1) is 10.1. The summed E-state index contributed by atoms with van der Waals surface area (Å²) in [6.45, 7) is 0.625. The fraction of sp³-hybridized carbons (Fsp3) is 0.357. The van der Waals surface area contributed by atoms with Gasteiger partial charge in [-0.25, -0.2) is 9.78 Å². The van der Waals surface area contributed by atoms with Gasteiger partial charge in [0.05, 0.1) is 11.6 Å². The molecule has 0 spiro atoms. The van der Waals surface area contributed by atoms with Crippen molar-refractivity contribution in [2.75, 3.05) is 0 Å². The molecule has 0 saturated carbocycles. The van der Waals surface area contributed by atoms with Crippen LogP contribution in [0.1, 0.15) is 45.6 Å². The van der Waals surface area contributed by atoms with Crippen molar-refractivity contribution < 1.29 is 19.8 Å². The molecular weight excluding hydrogens is 292 g/mol. The van der Waals surface area contributed by atoms with E-state index in [1.54, 1.807) is 15.9 Å². The highest BCUT2D eigenvalue weighted by atomic mass is 32.1. The third-order valence-electron chi connectivity index (χ3n) is 3.70. The van der Waals surface area contributed by atoms with Crippen LogP contribution < -0.4 is 0 Å². The number of aromatic nitrogens is 2. The van der Waals surface area contributed by atoms with Gasteiger partial charge in [0.2, 0.25) is 0 Å². The predicted octanol–water partition coefficient (Wildman–Crippen LogP) is 2.20. The van der Waals surface area contributed by atoms with Gasteiger partial charge in [-0.1, -0.05) is 6.07 Å². The summed E-state index contributed by atoms with van der Waals surface area (Å²) in [4.78, 5) is 28.1. The molecule has 1 aliphatic rings. The van der Waals surface area contributed by atoms with Crippen LogP contribution >= 0.6 is 11.3 Å². The summed E-state index contributed by atoms with van der Waals surface area (Å²) >= 11 is 1.58. The Morgan fingerprint density at radius 3 is 2.86 bits per heavy atom. The van der Waals surface area contributed by atoms with Crippen LogP contribution in [0, 0.1) is 0 Å². The average Bonchev–Trinajstić information content (AvgIpc) is 3.07. The van der Waals surface area contributed by atoms with E-state index in [-0.39, 0.29) is 5.69 Å². The largest absolute Gasteiger partial charge is 0.481 e. The molecular formula is C14H14N2O4S. The number of imidazole rings is 1. The van der Waals surface area contributed by atoms with Crippen molar-refractivity contribution >= 4 is 23.3 Å². The van der Waals surface area contributed by atoms with Crippen LogP contribution in [0.3, 0.4) is 0 Å². The number of carboxylic acids is 2. The first-order valence-electron chi connectivity index (χ1n) is 6.65. The van der Waals surface area contributed by atoms with Crippen molar-refractivity contribution in [3.63, 3.8) is 0 Å². The van der Waals surface area contributed by atoms with Crippen molar-refractivity contribution in [2.45, 2.75) is 31.7 Å². The number of aromatic carboxylic acids is 1. The monoisotopic (exact) mass is 306 g/mol. The Morgan fingerprint density at radius 1 is 1.43 bits per heavy atom. The molecule has 3 rings (SSSR count). The SMILES string of the molecule is O=C(O)c1nc(Cc2cccs2)n2c1C(C(=O)O)CCC2. The number of rotatable bonds is 4. The molecule has 1 aliphatic heterocycles. The van der Waals surface area contributed by atoms with Crippen molar-refractivity contribution in [3.8, 4) is 0 Å². The topological polar surface area (TPSA) is 92.4 Å². The molecule has 7 heteroatoms. The number of aliphatic carboxylic acids is 1. The van der Waals surface area contributed by atoms with Crippen LogP contribution in [-0.2, 0) is 17.8 Å². The third-order valence-corrected chi connectivity index (χ3v) is 4.58. The van der Waals surface area contributed by atoms with Gasteiger partial charge in [-0.15, -0.1) is 11.3 Å². The van der Waals surface area contributed by atoms with E-state index in [1.165, 1.54) is 0 Å². The van der Waals surface area contributed by atoms with Gasteiger partial charge in [-0.3, -0.25) is 4.79 Å². The molecule has 0 bridgehead atoms. The van der Waals surface area contributed by atoms with E-state index >= 15 is 0 Å². The highest BCUT2D eigenvalue weighted by Crippen LogP contribution is 2.32. The Hall–Kier alpha value is -2.15. The summed E-state index contributed by atoms with van der Waals surface area (Å²) in [5.41, 5.74) is 0.224. The second kappa shape index (κ2) is 5.33. The third kappa shape index (κ3) is 2.44. The predicted molar refractivity (Wildman–Crippen MR) is 75.9 cm³/mol. The second-order valence-corrected chi connectivity index (χ2v) is 6.04. The number of carbonyl (C=O) groups is 2. The molecule has 1 atom stereocenters. The Morgan fingerprint density at radius 2 is 2.24 bits per heavy atom. The Balaban J connectivity index is 2.09. The molecule has 2 aromatic rings. The lowest BCUT2D eigenvalue weighted by Gasteiger charge is -2.22. The number of nitrogens with zero attached hydrogens (tertiary/aromatic N) is 2. The lowest BCUT2D eigenvalue weighted by atomic mass is 9.94. The molecule has 6 nitrogen and oxygen atoms in total. The lowest BCUT2D eigenvalue weighted by molar-refractivity contribution is -0.139. The van der Waals surface area contributed by atoms with Gasteiger partial charge in [0.15, 0.2) is 5.69 Å². The molecule has 0 aromatic carbocycles. The quantitative estimate of drug-likeness (QED) is 0.903. The van der Waals surface area contributed by atoms with Gasteiger partial charge in [0.25, 0.3) is 0 Å². The Bertz CT molecular complexity index is 690. The van der Waals surface area contributed by atoms with Crippen LogP contribution in [0.4, 0.5) is 0 Å². The second-order valence-electron chi connectivity index (χ2n) is 5.01. The Kier molecular flexibility index (Phi) is 3.50. The standard InChI is InChI=1S/C14H14N2O4S/c17-13(18)9-4-1-5-16-10(7-8-3-2-6-21-8)15-11(12(9)16)14(19)20/h2-3,6,9H,1,4-5,7H2,(H,17,18)(H,19,20). The molecule has 2 N–H and O–H groups in total. The van der Waals surface area contributed by atoms with Gasteiger partial charge < -0.3 is 14.8 Å². The maximum Gasteiger partial charge on any atom is 0.356 e. The summed E-state index contributed by atoms with van der Waals surface area (Å²) in [7, 11) is 0. The lowest BCUT2D eigenvalue weighted by Crippen LogP contribution is -2.24. The first-order valence-corrected chi connectivity index (χ1v) is 7.53. The highest BCUT2D eigenvalue weighted by molar-refractivity contribution is 7.09. The minimum Gasteiger partial charge on any atom is -0.481 e. The van der Waals surface area contributed by atoms with Gasteiger partial charge in [-0.05, 0) is 24.3 Å². The van der Waals surface area contributed by atoms with E-state index in [0.29, 0.717) is 30.9 Å². The fourth-order valence-electron chi connectivity index (χ4n) is 2.81. The number of hydrogen-bond donors (Lipinski definition) is 2. The highest BCUT2D eigenvalue weighted by Gasteiger charge is 2.34. The molecule has 0 fully saturated rings. The first kappa shape index (κ1) is 13.8. The molecule has 0 saturated heterocycles. The van der Waals surface area contributed by atoms with Crippen molar-refractivity contribution in [1.29, 1.82) is 0 Å². The van der Waals surface area contributed by atoms with Crippen molar-refractivity contribution in [3.05, 3.63) is 39.6 Å². The van der Waals surface area contributed by atoms with E-state index in [0.717, 1.165) is 11.3 Å². The minimum absolute atomic E-state index is 0.117. The normalized spacial score (nSPS) is 17.4. The van der Waals surface area contributed by atoms with E-state index in [2.05, 4.69) is 4.98 Å². The van der Waals surface area contributed by atoms with Crippen LogP contribution in [-0.4, -0.2) is 31.7 Å². The molecule has 21 heavy (non-hydrogen) atoms. The number of fused-ring (bicyclic) bond motifs is 1. The zero-order valence-corrected chi connectivity index (χ0v) is 12.0. The number of hydrogen-bond acceptors (Lipinski definition) is 4. The van der Waals surface area contributed by atoms with Gasteiger partial charge in [-0.2, -0.15) is 0 Å². The van der Waals surface area contributed by atoms with Gasteiger partial charge in [0, 0.05) is 17.8 Å². The zero-order chi connectivity index (χ0) is 15.0. The van der Waals surface area contributed by atoms with Crippen LogP contribution in [0.25, 0.3) is 0 Å².